The molecular weight excluding hydrogens is 718 g/mol. The van der Waals surface area contributed by atoms with E-state index >= 15 is 0 Å². The SMILES string of the molecule is CCCCCCN(CCNC(=O)N1CCC(N(C)C[C@@H](CNC(=O)c2nc(Cl)c(N)nc2N)Cc2ccccc2C)CC1)C[C@H](O)[C@@H](O)[C@H](O)[C@H](O)CO. The molecule has 0 bridgehead atoms. The maximum atomic E-state index is 13.2. The minimum absolute atomic E-state index is 0.0303. The van der Waals surface area contributed by atoms with Crippen LogP contribution in [0.5, 0.6) is 0 Å². The summed E-state index contributed by atoms with van der Waals surface area (Å²) in [5.41, 5.74) is 13.9. The number of piperidine rings is 1. The number of amides is 3. The van der Waals surface area contributed by atoms with Crippen molar-refractivity contribution < 1.29 is 35.1 Å². The highest BCUT2D eigenvalue weighted by Gasteiger charge is 2.31. The van der Waals surface area contributed by atoms with Gasteiger partial charge in [-0.1, -0.05) is 62.1 Å². The van der Waals surface area contributed by atoms with Crippen molar-refractivity contribution in [3.63, 3.8) is 0 Å². The molecule has 5 atom stereocenters. The molecule has 0 radical (unpaired) electrons. The van der Waals surface area contributed by atoms with Crippen molar-refractivity contribution >= 4 is 35.2 Å². The summed E-state index contributed by atoms with van der Waals surface area (Å²) < 4.78 is 0. The fourth-order valence-electron chi connectivity index (χ4n) is 6.77. The van der Waals surface area contributed by atoms with Crippen LogP contribution in [0.2, 0.25) is 5.15 Å². The fraction of sp³-hybridized carbons (Fsp3) is 0.676. The second-order valence-corrected chi connectivity index (χ2v) is 14.7. The largest absolute Gasteiger partial charge is 0.394 e. The van der Waals surface area contributed by atoms with Gasteiger partial charge in [-0.05, 0) is 63.2 Å². The number of aliphatic hydroxyl groups is 5. The van der Waals surface area contributed by atoms with Crippen molar-refractivity contribution in [2.75, 3.05) is 77.5 Å². The highest BCUT2D eigenvalue weighted by atomic mass is 35.5. The second-order valence-electron chi connectivity index (χ2n) is 14.4. The van der Waals surface area contributed by atoms with Crippen LogP contribution >= 0.6 is 11.6 Å². The van der Waals surface area contributed by atoms with E-state index in [1.54, 1.807) is 4.90 Å². The Balaban J connectivity index is 1.53. The van der Waals surface area contributed by atoms with E-state index < -0.39 is 36.9 Å². The van der Waals surface area contributed by atoms with Gasteiger partial charge in [0.2, 0.25) is 0 Å². The third-order valence-electron chi connectivity index (χ3n) is 10.2. The van der Waals surface area contributed by atoms with E-state index in [4.69, 9.17) is 28.2 Å². The van der Waals surface area contributed by atoms with E-state index in [0.717, 1.165) is 44.9 Å². The molecule has 0 spiro atoms. The minimum atomic E-state index is -1.69. The summed E-state index contributed by atoms with van der Waals surface area (Å²) in [6, 6.07) is 8.23. The molecule has 11 N–H and O–H groups in total. The standard InChI is InChI=1S/C37H62ClN9O7/c1-4-5-6-9-15-46(22-28(49)31(51)32(52)29(50)23-48)18-14-41-37(54)47-16-12-27(13-17-47)45(3)21-25(19-26-11-8-7-10-24(26)2)20-42-36(53)30-34(39)44-35(40)33(38)43-30/h7-8,10-11,25,27-29,31-32,48-52H,4-6,9,12-23H2,1-3H3,(H,41,54)(H,42,53)(H4,39,40,44)/t25-,28+,29-,31-,32-/m1/s1. The first-order valence-corrected chi connectivity index (χ1v) is 19.3. The van der Waals surface area contributed by atoms with Crippen LogP contribution in [0.3, 0.4) is 0 Å². The van der Waals surface area contributed by atoms with Crippen LogP contribution in [0.4, 0.5) is 16.4 Å². The summed E-state index contributed by atoms with van der Waals surface area (Å²) in [5, 5.41) is 55.6. The van der Waals surface area contributed by atoms with Crippen molar-refractivity contribution in [3.05, 3.63) is 46.2 Å². The number of hydrogen-bond acceptors (Lipinski definition) is 13. The third kappa shape index (κ3) is 14.1. The lowest BCUT2D eigenvalue weighted by Gasteiger charge is -2.38. The molecule has 1 aromatic carbocycles. The van der Waals surface area contributed by atoms with Gasteiger partial charge in [0.25, 0.3) is 5.91 Å². The molecule has 304 valence electrons. The molecule has 0 unspecified atom stereocenters. The number of halogens is 1. The first kappa shape index (κ1) is 45.0. The Hall–Kier alpha value is -3.35. The van der Waals surface area contributed by atoms with Crippen LogP contribution in [-0.4, -0.2) is 159 Å². The quantitative estimate of drug-likeness (QED) is 0.0745. The summed E-state index contributed by atoms with van der Waals surface area (Å²) in [6.45, 7) is 7.05. The van der Waals surface area contributed by atoms with Gasteiger partial charge < -0.3 is 57.4 Å². The molecule has 2 heterocycles. The predicted octanol–water partition coefficient (Wildman–Crippen LogP) is 0.616. The van der Waals surface area contributed by atoms with Gasteiger partial charge in [-0.15, -0.1) is 0 Å². The molecule has 17 heteroatoms. The van der Waals surface area contributed by atoms with Crippen LogP contribution in [-0.2, 0) is 6.42 Å². The van der Waals surface area contributed by atoms with E-state index in [2.05, 4.69) is 58.5 Å². The Kier molecular flexibility index (Phi) is 19.1. The van der Waals surface area contributed by atoms with Gasteiger partial charge in [-0.25, -0.2) is 14.8 Å². The van der Waals surface area contributed by atoms with Crippen molar-refractivity contribution in [1.29, 1.82) is 0 Å². The summed E-state index contributed by atoms with van der Waals surface area (Å²) >= 11 is 6.00. The lowest BCUT2D eigenvalue weighted by molar-refractivity contribution is -0.119. The molecule has 2 aromatic rings. The predicted molar refractivity (Wildman–Crippen MR) is 209 cm³/mol. The zero-order valence-corrected chi connectivity index (χ0v) is 32.7. The number of anilines is 2. The van der Waals surface area contributed by atoms with Crippen molar-refractivity contribution in [3.8, 4) is 0 Å². The summed E-state index contributed by atoms with van der Waals surface area (Å²) in [5.74, 6) is -0.572. The topological polar surface area (TPSA) is 247 Å². The van der Waals surface area contributed by atoms with E-state index in [0.29, 0.717) is 45.8 Å². The summed E-state index contributed by atoms with van der Waals surface area (Å²) in [4.78, 5) is 40.2. The number of nitrogens with one attached hydrogen (secondary N) is 2. The Morgan fingerprint density at radius 1 is 0.963 bits per heavy atom. The average molecular weight is 780 g/mol. The lowest BCUT2D eigenvalue weighted by Crippen LogP contribution is -2.52. The van der Waals surface area contributed by atoms with Crippen LogP contribution in [0.25, 0.3) is 0 Å². The molecule has 54 heavy (non-hydrogen) atoms. The fourth-order valence-corrected chi connectivity index (χ4v) is 6.90. The summed E-state index contributed by atoms with van der Waals surface area (Å²) in [7, 11) is 2.07. The summed E-state index contributed by atoms with van der Waals surface area (Å²) in [6.07, 6.45) is 0.0278. The van der Waals surface area contributed by atoms with Crippen LogP contribution in [0.1, 0.15) is 67.1 Å². The van der Waals surface area contributed by atoms with E-state index in [1.165, 1.54) is 11.1 Å². The van der Waals surface area contributed by atoms with Crippen molar-refractivity contribution in [2.45, 2.75) is 89.3 Å². The van der Waals surface area contributed by atoms with Crippen LogP contribution in [0, 0.1) is 12.8 Å². The number of carbonyl (C=O) groups excluding carboxylic acids is 2. The number of aromatic nitrogens is 2. The smallest absolute Gasteiger partial charge is 0.317 e. The first-order chi connectivity index (χ1) is 25.7. The van der Waals surface area contributed by atoms with Crippen molar-refractivity contribution in [2.24, 2.45) is 5.92 Å². The molecule has 1 aliphatic heterocycles. The molecule has 3 amide bonds. The number of carbonyl (C=O) groups is 2. The van der Waals surface area contributed by atoms with Gasteiger partial charge in [0.15, 0.2) is 22.5 Å². The number of unbranched alkanes of at least 4 members (excludes halogenated alkanes) is 3. The monoisotopic (exact) mass is 779 g/mol. The van der Waals surface area contributed by atoms with E-state index in [-0.39, 0.29) is 47.0 Å². The molecule has 1 aromatic heterocycles. The average Bonchev–Trinajstić information content (AvgIpc) is 3.16. The van der Waals surface area contributed by atoms with Gasteiger partial charge in [0.05, 0.1) is 12.7 Å². The number of aliphatic hydroxyl groups excluding tert-OH is 5. The highest BCUT2D eigenvalue weighted by Crippen LogP contribution is 2.21. The maximum absolute atomic E-state index is 13.2. The number of urea groups is 1. The normalized spacial score (nSPS) is 16.6. The molecule has 16 nitrogen and oxygen atoms in total. The highest BCUT2D eigenvalue weighted by molar-refractivity contribution is 6.31. The first-order valence-electron chi connectivity index (χ1n) is 18.9. The molecule has 1 fully saturated rings. The van der Waals surface area contributed by atoms with Gasteiger partial charge in [-0.3, -0.25) is 9.69 Å². The number of benzene rings is 1. The van der Waals surface area contributed by atoms with Gasteiger partial charge >= 0.3 is 6.03 Å². The molecule has 1 saturated heterocycles. The number of hydrogen-bond donors (Lipinski definition) is 9. The van der Waals surface area contributed by atoms with Crippen LogP contribution < -0.4 is 22.1 Å². The van der Waals surface area contributed by atoms with Gasteiger partial charge in [0, 0.05) is 51.9 Å². The zero-order chi connectivity index (χ0) is 39.8. The Labute approximate surface area is 323 Å². The number of nitrogens with zero attached hydrogens (tertiary/aromatic N) is 5. The molecule has 1 aliphatic rings. The minimum Gasteiger partial charge on any atom is -0.394 e. The number of aryl methyl sites for hydroxylation is 1. The van der Waals surface area contributed by atoms with Crippen LogP contribution in [0.15, 0.2) is 24.3 Å². The zero-order valence-electron chi connectivity index (χ0n) is 31.9. The van der Waals surface area contributed by atoms with E-state index in [9.17, 15) is 30.0 Å². The Morgan fingerprint density at radius 3 is 2.31 bits per heavy atom. The Bertz CT molecular complexity index is 1450. The third-order valence-corrected chi connectivity index (χ3v) is 10.4. The van der Waals surface area contributed by atoms with E-state index in [1.807, 2.05) is 17.0 Å². The van der Waals surface area contributed by atoms with Crippen molar-refractivity contribution in [1.82, 2.24) is 35.3 Å². The maximum Gasteiger partial charge on any atom is 0.317 e. The molecule has 3 rings (SSSR count). The number of likely N-dealkylation sites (tertiary alicyclic amines) is 1. The Morgan fingerprint density at radius 2 is 1.65 bits per heavy atom. The molecule has 0 saturated carbocycles. The second kappa shape index (κ2) is 22.9. The molecular formula is C37H62ClN9O7. The van der Waals surface area contributed by atoms with Gasteiger partial charge in [0.1, 0.15) is 18.3 Å². The van der Waals surface area contributed by atoms with Gasteiger partial charge in [-0.2, -0.15) is 0 Å². The lowest BCUT2D eigenvalue weighted by atomic mass is 9.94. The molecule has 0 aliphatic carbocycles. The number of rotatable bonds is 22. The number of nitrogen functional groups attached to an aromatic ring is 2. The number of nitrogens with two attached hydrogens (primary N) is 2.